The van der Waals surface area contributed by atoms with Crippen LogP contribution in [0.1, 0.15) is 37.6 Å². The second-order valence-electron chi connectivity index (χ2n) is 4.94. The zero-order chi connectivity index (χ0) is 15.3. The van der Waals surface area contributed by atoms with E-state index in [9.17, 15) is 14.0 Å². The van der Waals surface area contributed by atoms with Gasteiger partial charge in [-0.2, -0.15) is 9.65 Å². The Morgan fingerprint density at radius 2 is 2.15 bits per heavy atom. The van der Waals surface area contributed by atoms with Gasteiger partial charge in [0.1, 0.15) is 5.60 Å². The van der Waals surface area contributed by atoms with E-state index in [0.29, 0.717) is 0 Å². The van der Waals surface area contributed by atoms with E-state index in [0.717, 1.165) is 12.3 Å². The van der Waals surface area contributed by atoms with Gasteiger partial charge >= 0.3 is 6.09 Å². The van der Waals surface area contributed by atoms with Crippen molar-refractivity contribution in [2.24, 2.45) is 0 Å². The van der Waals surface area contributed by atoms with Gasteiger partial charge in [-0.1, -0.05) is 0 Å². The summed E-state index contributed by atoms with van der Waals surface area (Å²) in [5.41, 5.74) is -0.834. The van der Waals surface area contributed by atoms with E-state index >= 15 is 0 Å². The zero-order valence-corrected chi connectivity index (χ0v) is 11.4. The number of hydrogen-bond donors (Lipinski definition) is 1. The molecular weight excluding hydrogens is 265 g/mol. The number of anilines is 1. The fourth-order valence-corrected chi connectivity index (χ4v) is 1.34. The van der Waals surface area contributed by atoms with Crippen LogP contribution in [0.2, 0.25) is 0 Å². The van der Waals surface area contributed by atoms with Gasteiger partial charge in [0.25, 0.3) is 0 Å². The molecule has 6 nitrogen and oxygen atoms in total. The van der Waals surface area contributed by atoms with Crippen molar-refractivity contribution in [3.05, 3.63) is 23.8 Å². The molecule has 1 aromatic heterocycles. The fourth-order valence-electron chi connectivity index (χ4n) is 1.34. The summed E-state index contributed by atoms with van der Waals surface area (Å²) in [6.07, 6.45) is -0.215. The summed E-state index contributed by atoms with van der Waals surface area (Å²) in [6, 6.07) is 2.54. The lowest BCUT2D eigenvalue weighted by Gasteiger charge is -2.20. The van der Waals surface area contributed by atoms with E-state index in [4.69, 9.17) is 10.00 Å². The second kappa shape index (κ2) is 6.10. The molecule has 0 atom stereocenters. The van der Waals surface area contributed by atoms with E-state index < -0.39 is 29.8 Å². The average Bonchev–Trinajstić information content (AvgIpc) is 2.29. The maximum atomic E-state index is 13.1. The predicted molar refractivity (Wildman–Crippen MR) is 68.6 cm³/mol. The van der Waals surface area contributed by atoms with Crippen molar-refractivity contribution in [1.29, 1.82) is 5.26 Å². The van der Waals surface area contributed by atoms with Gasteiger partial charge in [0.05, 0.1) is 24.4 Å². The first-order chi connectivity index (χ1) is 9.23. The Morgan fingerprint density at radius 1 is 1.50 bits per heavy atom. The Hall–Kier alpha value is -2.49. The van der Waals surface area contributed by atoms with Crippen LogP contribution in [0.25, 0.3) is 0 Å². The van der Waals surface area contributed by atoms with Crippen molar-refractivity contribution in [3.63, 3.8) is 0 Å². The Labute approximate surface area is 115 Å². The minimum atomic E-state index is -0.874. The number of carbonyl (C=O) groups is 2. The Morgan fingerprint density at radius 3 is 2.70 bits per heavy atom. The quantitative estimate of drug-likeness (QED) is 0.678. The lowest BCUT2D eigenvalue weighted by Crippen LogP contribution is -2.27. The monoisotopic (exact) mass is 279 g/mol. The zero-order valence-electron chi connectivity index (χ0n) is 11.4. The van der Waals surface area contributed by atoms with Gasteiger partial charge in [0.2, 0.25) is 5.95 Å². The largest absolute Gasteiger partial charge is 0.444 e. The molecule has 0 aliphatic rings. The lowest BCUT2D eigenvalue weighted by molar-refractivity contribution is 0.0636. The van der Waals surface area contributed by atoms with Crippen molar-refractivity contribution in [3.8, 4) is 6.07 Å². The van der Waals surface area contributed by atoms with Gasteiger partial charge in [-0.15, -0.1) is 0 Å². The van der Waals surface area contributed by atoms with E-state index in [-0.39, 0.29) is 11.3 Å². The molecule has 1 rings (SSSR count). The van der Waals surface area contributed by atoms with Crippen LogP contribution in [0.4, 0.5) is 14.9 Å². The summed E-state index contributed by atoms with van der Waals surface area (Å²) in [7, 11) is 0. The summed E-state index contributed by atoms with van der Waals surface area (Å²) in [5, 5.41) is 10.8. The molecule has 0 unspecified atom stereocenters. The van der Waals surface area contributed by atoms with Crippen molar-refractivity contribution < 1.29 is 18.7 Å². The Balaban J connectivity index is 2.98. The minimum absolute atomic E-state index is 0.000833. The maximum absolute atomic E-state index is 13.1. The Bertz CT molecular complexity index is 573. The highest BCUT2D eigenvalue weighted by Crippen LogP contribution is 2.18. The molecule has 0 aliphatic carbocycles. The van der Waals surface area contributed by atoms with Crippen LogP contribution in [0, 0.1) is 17.3 Å². The third kappa shape index (κ3) is 4.65. The molecule has 0 radical (unpaired) electrons. The first-order valence-electron chi connectivity index (χ1n) is 5.78. The SMILES string of the molecule is CC(C)(C)OC(=O)Nc1cnc(F)cc1C(=O)CC#N. The van der Waals surface area contributed by atoms with Crippen LogP contribution in [-0.2, 0) is 4.74 Å². The number of Topliss-reactive ketones (excluding diaryl/α,β-unsaturated/α-hetero) is 1. The highest BCUT2D eigenvalue weighted by Gasteiger charge is 2.19. The summed E-state index contributed by atoms with van der Waals surface area (Å²) in [6.45, 7) is 5.03. The third-order valence-corrected chi connectivity index (χ3v) is 2.05. The molecule has 0 saturated carbocycles. The molecule has 0 fully saturated rings. The standard InChI is InChI=1S/C13H14FN3O3/c1-13(2,3)20-12(19)17-9-7-16-11(14)6-8(9)10(18)4-5-15/h6-7H,4H2,1-3H3,(H,17,19). The van der Waals surface area contributed by atoms with Gasteiger partial charge in [-0.05, 0) is 20.8 Å². The third-order valence-electron chi connectivity index (χ3n) is 2.05. The number of ketones is 1. The highest BCUT2D eigenvalue weighted by molar-refractivity contribution is 6.04. The number of halogens is 1. The summed E-state index contributed by atoms with van der Waals surface area (Å²) in [4.78, 5) is 26.6. The minimum Gasteiger partial charge on any atom is -0.444 e. The number of carbonyl (C=O) groups excluding carboxylic acids is 2. The fraction of sp³-hybridized carbons (Fsp3) is 0.385. The molecule has 1 aromatic rings. The number of rotatable bonds is 3. The molecule has 1 amide bonds. The molecule has 1 heterocycles. The molecule has 106 valence electrons. The van der Waals surface area contributed by atoms with Crippen molar-refractivity contribution in [1.82, 2.24) is 4.98 Å². The maximum Gasteiger partial charge on any atom is 0.412 e. The van der Waals surface area contributed by atoms with Crippen LogP contribution in [-0.4, -0.2) is 22.5 Å². The van der Waals surface area contributed by atoms with Crippen molar-refractivity contribution in [2.75, 3.05) is 5.32 Å². The number of pyridine rings is 1. The van der Waals surface area contributed by atoms with Crippen molar-refractivity contribution >= 4 is 17.6 Å². The molecule has 20 heavy (non-hydrogen) atoms. The van der Waals surface area contributed by atoms with Crippen molar-refractivity contribution in [2.45, 2.75) is 32.8 Å². The van der Waals surface area contributed by atoms with Gasteiger partial charge in [0, 0.05) is 11.6 Å². The first kappa shape index (κ1) is 15.6. The first-order valence-corrected chi connectivity index (χ1v) is 5.78. The van der Waals surface area contributed by atoms with Gasteiger partial charge in [-0.3, -0.25) is 10.1 Å². The lowest BCUT2D eigenvalue weighted by atomic mass is 10.1. The number of hydrogen-bond acceptors (Lipinski definition) is 5. The predicted octanol–water partition coefficient (Wildman–Crippen LogP) is 2.66. The molecule has 0 aliphatic heterocycles. The Kier molecular flexibility index (Phi) is 4.75. The normalized spacial score (nSPS) is 10.6. The number of nitriles is 1. The van der Waals surface area contributed by atoms with Crippen LogP contribution >= 0.6 is 0 Å². The number of aromatic nitrogens is 1. The summed E-state index contributed by atoms with van der Waals surface area (Å²) >= 11 is 0. The molecule has 0 aromatic carbocycles. The van der Waals surface area contributed by atoms with Gasteiger partial charge in [0.15, 0.2) is 5.78 Å². The summed E-state index contributed by atoms with van der Waals surface area (Å²) in [5.74, 6) is -1.49. The van der Waals surface area contributed by atoms with Crippen LogP contribution in [0.15, 0.2) is 12.3 Å². The van der Waals surface area contributed by atoms with Crippen LogP contribution in [0.5, 0.6) is 0 Å². The second-order valence-corrected chi connectivity index (χ2v) is 4.94. The molecule has 0 saturated heterocycles. The summed E-state index contributed by atoms with van der Waals surface area (Å²) < 4.78 is 18.1. The van der Waals surface area contributed by atoms with Gasteiger partial charge in [-0.25, -0.2) is 9.78 Å². The molecule has 1 N–H and O–H groups in total. The molecular formula is C13H14FN3O3. The smallest absolute Gasteiger partial charge is 0.412 e. The number of ether oxygens (including phenoxy) is 1. The number of nitrogens with zero attached hydrogens (tertiary/aromatic N) is 2. The molecule has 0 bridgehead atoms. The molecule has 7 heteroatoms. The molecule has 0 spiro atoms. The van der Waals surface area contributed by atoms with E-state index in [1.54, 1.807) is 26.8 Å². The van der Waals surface area contributed by atoms with Gasteiger partial charge < -0.3 is 4.74 Å². The van der Waals surface area contributed by atoms with E-state index in [2.05, 4.69) is 10.3 Å². The van der Waals surface area contributed by atoms with E-state index in [1.165, 1.54) is 0 Å². The topological polar surface area (TPSA) is 92.1 Å². The average molecular weight is 279 g/mol. The number of nitrogens with one attached hydrogen (secondary N) is 1. The van der Waals surface area contributed by atoms with E-state index in [1.807, 2.05) is 0 Å². The number of amides is 1. The highest BCUT2D eigenvalue weighted by atomic mass is 19.1. The van der Waals surface area contributed by atoms with Crippen LogP contribution in [0.3, 0.4) is 0 Å². The van der Waals surface area contributed by atoms with Crippen LogP contribution < -0.4 is 5.32 Å².